The van der Waals surface area contributed by atoms with E-state index in [0.717, 1.165) is 6.42 Å². The van der Waals surface area contributed by atoms with Gasteiger partial charge in [-0.1, -0.05) is 13.8 Å². The Morgan fingerprint density at radius 1 is 1.05 bits per heavy atom. The first-order chi connectivity index (χ1) is 8.91. The first-order valence-electron chi connectivity index (χ1n) is 7.06. The van der Waals surface area contributed by atoms with Crippen molar-refractivity contribution in [1.82, 2.24) is 10.2 Å². The fourth-order valence-electron chi connectivity index (χ4n) is 1.92. The quantitative estimate of drug-likeness (QED) is 0.723. The predicted molar refractivity (Wildman–Crippen MR) is 75.7 cm³/mol. The highest BCUT2D eigenvalue weighted by Gasteiger charge is 2.34. The van der Waals surface area contributed by atoms with E-state index in [-0.39, 0.29) is 24.1 Å². The van der Waals surface area contributed by atoms with Crippen molar-refractivity contribution in [3.05, 3.63) is 0 Å². The third-order valence-electron chi connectivity index (χ3n) is 3.32. The van der Waals surface area contributed by atoms with Crippen LogP contribution in [0.5, 0.6) is 0 Å². The number of halogens is 3. The number of aliphatic hydroxyl groups excluding tert-OH is 1. The van der Waals surface area contributed by atoms with Gasteiger partial charge in [0.1, 0.15) is 0 Å². The van der Waals surface area contributed by atoms with Gasteiger partial charge in [-0.25, -0.2) is 0 Å². The summed E-state index contributed by atoms with van der Waals surface area (Å²) in [6.45, 7) is 9.83. The van der Waals surface area contributed by atoms with Crippen molar-refractivity contribution in [2.75, 3.05) is 32.8 Å². The maximum atomic E-state index is 12.5. The Morgan fingerprint density at radius 2 is 1.60 bits per heavy atom. The van der Waals surface area contributed by atoms with E-state index in [1.165, 1.54) is 4.90 Å². The average Bonchev–Trinajstić information content (AvgIpc) is 2.24. The molecule has 20 heavy (non-hydrogen) atoms. The molecule has 0 fully saturated rings. The van der Waals surface area contributed by atoms with Gasteiger partial charge in [0.05, 0.1) is 13.2 Å². The van der Waals surface area contributed by atoms with Crippen LogP contribution in [0.4, 0.5) is 13.2 Å². The van der Waals surface area contributed by atoms with E-state index in [4.69, 9.17) is 5.11 Å². The monoisotopic (exact) mass is 298 g/mol. The van der Waals surface area contributed by atoms with Crippen LogP contribution in [-0.4, -0.2) is 54.5 Å². The lowest BCUT2D eigenvalue weighted by Gasteiger charge is -2.37. The Bertz CT molecular complexity index is 277. The van der Waals surface area contributed by atoms with E-state index >= 15 is 0 Å². The molecule has 0 aromatic heterocycles. The lowest BCUT2D eigenvalue weighted by molar-refractivity contribution is -0.149. The molecule has 0 saturated carbocycles. The molecule has 0 aliphatic rings. The first kappa shape index (κ1) is 19.7. The van der Waals surface area contributed by atoms with Gasteiger partial charge in [0.25, 0.3) is 0 Å². The highest BCUT2D eigenvalue weighted by molar-refractivity contribution is 4.84. The van der Waals surface area contributed by atoms with Gasteiger partial charge in [0.2, 0.25) is 0 Å². The van der Waals surface area contributed by atoms with Crippen molar-refractivity contribution in [3.8, 4) is 0 Å². The number of alkyl halides is 3. The summed E-state index contributed by atoms with van der Waals surface area (Å²) in [6, 6.07) is 0. The van der Waals surface area contributed by atoms with E-state index in [1.54, 1.807) is 0 Å². The van der Waals surface area contributed by atoms with Crippen molar-refractivity contribution >= 4 is 0 Å². The molecular weight excluding hydrogens is 269 g/mol. The van der Waals surface area contributed by atoms with Crippen molar-refractivity contribution < 1.29 is 18.3 Å². The summed E-state index contributed by atoms with van der Waals surface area (Å²) in [6.07, 6.45) is -3.46. The van der Waals surface area contributed by atoms with Crippen molar-refractivity contribution in [2.45, 2.75) is 52.8 Å². The van der Waals surface area contributed by atoms with Gasteiger partial charge in [0, 0.05) is 25.2 Å². The molecule has 1 unspecified atom stereocenters. The number of hydrogen-bond acceptors (Lipinski definition) is 3. The molecule has 1 atom stereocenters. The molecule has 3 nitrogen and oxygen atoms in total. The highest BCUT2D eigenvalue weighted by atomic mass is 19.4. The predicted octanol–water partition coefficient (Wildman–Crippen LogP) is 2.65. The smallest absolute Gasteiger partial charge is 0.395 e. The Balaban J connectivity index is 4.67. The lowest BCUT2D eigenvalue weighted by Crippen LogP contribution is -2.49. The third kappa shape index (κ3) is 9.55. The van der Waals surface area contributed by atoms with E-state index in [9.17, 15) is 13.2 Å². The number of nitrogens with zero attached hydrogens (tertiary/aromatic N) is 1. The third-order valence-corrected chi connectivity index (χ3v) is 3.32. The largest absolute Gasteiger partial charge is 0.401 e. The summed E-state index contributed by atoms with van der Waals surface area (Å²) >= 11 is 0. The maximum Gasteiger partial charge on any atom is 0.401 e. The zero-order valence-corrected chi connectivity index (χ0v) is 13.3. The molecule has 0 amide bonds. The fourth-order valence-corrected chi connectivity index (χ4v) is 1.92. The van der Waals surface area contributed by atoms with Gasteiger partial charge in [-0.15, -0.1) is 0 Å². The Hall–Kier alpha value is -0.330. The standard InChI is InChI=1S/C14H29F3N2O/c1-6-13(5,9-18-12(2,3)4)10-19(7-8-20)11-14(15,16)17/h18,20H,6-11H2,1-5H3. The minimum atomic E-state index is -4.23. The molecule has 0 aliphatic carbocycles. The van der Waals surface area contributed by atoms with Crippen molar-refractivity contribution in [3.63, 3.8) is 0 Å². The molecule has 0 heterocycles. The van der Waals surface area contributed by atoms with Gasteiger partial charge in [-0.2, -0.15) is 13.2 Å². The molecule has 2 N–H and O–H groups in total. The first-order valence-corrected chi connectivity index (χ1v) is 7.06. The van der Waals surface area contributed by atoms with Gasteiger partial charge in [-0.3, -0.25) is 4.90 Å². The SMILES string of the molecule is CCC(C)(CNC(C)(C)C)CN(CCO)CC(F)(F)F. The summed E-state index contributed by atoms with van der Waals surface area (Å²) in [4.78, 5) is 1.29. The molecular formula is C14H29F3N2O. The highest BCUT2D eigenvalue weighted by Crippen LogP contribution is 2.25. The van der Waals surface area contributed by atoms with E-state index in [2.05, 4.69) is 5.32 Å². The van der Waals surface area contributed by atoms with Crippen LogP contribution in [0.3, 0.4) is 0 Å². The van der Waals surface area contributed by atoms with Gasteiger partial charge >= 0.3 is 6.18 Å². The van der Waals surface area contributed by atoms with Crippen molar-refractivity contribution in [2.24, 2.45) is 5.41 Å². The second kappa shape index (κ2) is 7.61. The molecule has 122 valence electrons. The summed E-state index contributed by atoms with van der Waals surface area (Å²) in [5.74, 6) is 0. The van der Waals surface area contributed by atoms with Crippen LogP contribution in [0.1, 0.15) is 41.0 Å². The zero-order chi connectivity index (χ0) is 16.0. The van der Waals surface area contributed by atoms with Crippen LogP contribution in [0, 0.1) is 5.41 Å². The van der Waals surface area contributed by atoms with Crippen LogP contribution >= 0.6 is 0 Å². The summed E-state index contributed by atoms with van der Waals surface area (Å²) < 4.78 is 37.6. The van der Waals surface area contributed by atoms with Crippen LogP contribution in [0.15, 0.2) is 0 Å². The maximum absolute atomic E-state index is 12.5. The van der Waals surface area contributed by atoms with E-state index < -0.39 is 12.7 Å². The second-order valence-corrected chi connectivity index (χ2v) is 6.82. The number of nitrogens with one attached hydrogen (secondary N) is 1. The Kier molecular flexibility index (Phi) is 7.49. The fraction of sp³-hybridized carbons (Fsp3) is 1.00. The summed E-state index contributed by atoms with van der Waals surface area (Å²) in [5.41, 5.74) is -0.323. The Morgan fingerprint density at radius 3 is 1.95 bits per heavy atom. The summed E-state index contributed by atoms with van der Waals surface area (Å²) in [5, 5.41) is 12.3. The number of aliphatic hydroxyl groups is 1. The van der Waals surface area contributed by atoms with E-state index in [1.807, 2.05) is 34.6 Å². The Labute approximate surface area is 120 Å². The van der Waals surface area contributed by atoms with Crippen LogP contribution in [0.2, 0.25) is 0 Å². The molecule has 0 aromatic carbocycles. The molecule has 6 heteroatoms. The molecule has 0 radical (unpaired) electrons. The van der Waals surface area contributed by atoms with E-state index in [0.29, 0.717) is 13.1 Å². The second-order valence-electron chi connectivity index (χ2n) is 6.82. The van der Waals surface area contributed by atoms with Crippen LogP contribution < -0.4 is 5.32 Å². The zero-order valence-electron chi connectivity index (χ0n) is 13.3. The topological polar surface area (TPSA) is 35.5 Å². The average molecular weight is 298 g/mol. The molecule has 0 aliphatic heterocycles. The summed E-state index contributed by atoms with van der Waals surface area (Å²) in [7, 11) is 0. The molecule has 0 rings (SSSR count). The van der Waals surface area contributed by atoms with Gasteiger partial charge in [-0.05, 0) is 32.6 Å². The van der Waals surface area contributed by atoms with Crippen LogP contribution in [-0.2, 0) is 0 Å². The van der Waals surface area contributed by atoms with Gasteiger partial charge in [0.15, 0.2) is 0 Å². The minimum Gasteiger partial charge on any atom is -0.395 e. The molecule has 0 aromatic rings. The number of rotatable bonds is 8. The van der Waals surface area contributed by atoms with Gasteiger partial charge < -0.3 is 10.4 Å². The number of hydrogen-bond donors (Lipinski definition) is 2. The van der Waals surface area contributed by atoms with Crippen LogP contribution in [0.25, 0.3) is 0 Å². The molecule has 0 bridgehead atoms. The lowest BCUT2D eigenvalue weighted by atomic mass is 9.85. The molecule has 0 saturated heterocycles. The molecule has 0 spiro atoms. The normalized spacial score (nSPS) is 16.5. The minimum absolute atomic E-state index is 0.0462. The van der Waals surface area contributed by atoms with Crippen molar-refractivity contribution in [1.29, 1.82) is 0 Å².